The highest BCUT2D eigenvalue weighted by atomic mass is 15.9. The minimum absolute atomic E-state index is 0.161. The molecular formula is C20H43N5. The van der Waals surface area contributed by atoms with E-state index in [-0.39, 0.29) is 6.17 Å². The Morgan fingerprint density at radius 3 is 1.56 bits per heavy atom. The second-order valence-electron chi connectivity index (χ2n) is 7.97. The van der Waals surface area contributed by atoms with Gasteiger partial charge >= 0.3 is 0 Å². The van der Waals surface area contributed by atoms with Crippen LogP contribution >= 0.6 is 0 Å². The molecule has 2 rings (SSSR count). The number of rotatable bonds is 12. The van der Waals surface area contributed by atoms with E-state index in [1.165, 1.54) is 110 Å². The van der Waals surface area contributed by atoms with Crippen LogP contribution in [0.15, 0.2) is 0 Å². The van der Waals surface area contributed by atoms with Crippen LogP contribution in [0.5, 0.6) is 0 Å². The summed E-state index contributed by atoms with van der Waals surface area (Å²) in [7, 11) is 0. The third-order valence-corrected chi connectivity index (χ3v) is 5.75. The van der Waals surface area contributed by atoms with E-state index >= 15 is 0 Å². The number of hydrogen-bond acceptors (Lipinski definition) is 5. The molecule has 2 saturated heterocycles. The fourth-order valence-electron chi connectivity index (χ4n) is 4.26. The smallest absolute Gasteiger partial charge is 0.0871 e. The van der Waals surface area contributed by atoms with Crippen molar-refractivity contribution in [3.8, 4) is 0 Å². The van der Waals surface area contributed by atoms with E-state index in [4.69, 9.17) is 11.5 Å². The molecule has 2 heterocycles. The summed E-state index contributed by atoms with van der Waals surface area (Å²) < 4.78 is 0. The lowest BCUT2D eigenvalue weighted by Crippen LogP contribution is -2.62. The predicted octanol–water partition coefficient (Wildman–Crippen LogP) is 3.45. The van der Waals surface area contributed by atoms with Gasteiger partial charge in [-0.25, -0.2) is 10.0 Å². The van der Waals surface area contributed by atoms with E-state index < -0.39 is 0 Å². The van der Waals surface area contributed by atoms with E-state index in [1.54, 1.807) is 0 Å². The normalized spacial score (nSPS) is 21.7. The Morgan fingerprint density at radius 2 is 1.08 bits per heavy atom. The third kappa shape index (κ3) is 7.92. The average Bonchev–Trinajstić information content (AvgIpc) is 2.66. The molecule has 1 atom stereocenters. The van der Waals surface area contributed by atoms with Gasteiger partial charge in [0.25, 0.3) is 0 Å². The highest BCUT2D eigenvalue weighted by molar-refractivity contribution is 4.71. The third-order valence-electron chi connectivity index (χ3n) is 5.75. The van der Waals surface area contributed by atoms with Crippen LogP contribution in [0.1, 0.15) is 89.9 Å². The van der Waals surface area contributed by atoms with Crippen LogP contribution in [0, 0.1) is 0 Å². The molecule has 2 fully saturated rings. The first-order chi connectivity index (χ1) is 12.3. The average molecular weight is 354 g/mol. The second kappa shape index (κ2) is 13.0. The SMILES string of the molecule is NCCCCCCCCCC(N)N(N1CCCCC1)N1CCCCC1. The van der Waals surface area contributed by atoms with Gasteiger partial charge < -0.3 is 11.5 Å². The highest BCUT2D eigenvalue weighted by Crippen LogP contribution is 2.21. The lowest BCUT2D eigenvalue weighted by atomic mass is 10.1. The Balaban J connectivity index is 1.70. The van der Waals surface area contributed by atoms with Crippen molar-refractivity contribution >= 4 is 0 Å². The van der Waals surface area contributed by atoms with Gasteiger partial charge in [-0.1, -0.05) is 51.4 Å². The standard InChI is InChI=1S/C20H43N5/c21-15-9-5-3-1-2-4-8-14-20(22)25(23-16-10-6-11-17-23)24-18-12-7-13-19-24/h20H,1-19,21-22H2. The molecule has 0 amide bonds. The number of hydrogen-bond donors (Lipinski definition) is 2. The fraction of sp³-hybridized carbons (Fsp3) is 1.00. The fourth-order valence-corrected chi connectivity index (χ4v) is 4.26. The molecule has 1 unspecified atom stereocenters. The van der Waals surface area contributed by atoms with Crippen LogP contribution in [0.25, 0.3) is 0 Å². The van der Waals surface area contributed by atoms with Crippen molar-refractivity contribution in [3.63, 3.8) is 0 Å². The molecule has 5 heteroatoms. The summed E-state index contributed by atoms with van der Waals surface area (Å²) in [6.45, 7) is 5.59. The minimum Gasteiger partial charge on any atom is -0.330 e. The van der Waals surface area contributed by atoms with Crippen molar-refractivity contribution in [1.82, 2.24) is 15.1 Å². The van der Waals surface area contributed by atoms with Crippen LogP contribution in [0.3, 0.4) is 0 Å². The molecule has 5 nitrogen and oxygen atoms in total. The molecule has 0 bridgehead atoms. The van der Waals surface area contributed by atoms with Gasteiger partial charge in [0.2, 0.25) is 0 Å². The molecule has 0 aromatic heterocycles. The van der Waals surface area contributed by atoms with Gasteiger partial charge in [-0.3, -0.25) is 0 Å². The lowest BCUT2D eigenvalue weighted by Gasteiger charge is -2.48. The van der Waals surface area contributed by atoms with Gasteiger partial charge in [0.05, 0.1) is 6.17 Å². The van der Waals surface area contributed by atoms with Gasteiger partial charge in [0.1, 0.15) is 0 Å². The molecule has 4 N–H and O–H groups in total. The van der Waals surface area contributed by atoms with E-state index in [0.29, 0.717) is 0 Å². The number of nitrogens with zero attached hydrogens (tertiary/aromatic N) is 3. The van der Waals surface area contributed by atoms with Crippen LogP contribution < -0.4 is 11.5 Å². The quantitative estimate of drug-likeness (QED) is 0.416. The van der Waals surface area contributed by atoms with Gasteiger partial charge in [-0.15, -0.1) is 0 Å². The zero-order valence-corrected chi connectivity index (χ0v) is 16.5. The van der Waals surface area contributed by atoms with E-state index in [9.17, 15) is 0 Å². The van der Waals surface area contributed by atoms with Crippen molar-refractivity contribution < 1.29 is 0 Å². The maximum atomic E-state index is 6.69. The second-order valence-corrected chi connectivity index (χ2v) is 7.97. The van der Waals surface area contributed by atoms with Gasteiger partial charge in [0.15, 0.2) is 0 Å². The molecule has 25 heavy (non-hydrogen) atoms. The molecule has 148 valence electrons. The first-order valence-electron chi connectivity index (χ1n) is 11.1. The largest absolute Gasteiger partial charge is 0.330 e. The van der Waals surface area contributed by atoms with Crippen LogP contribution in [0.4, 0.5) is 0 Å². The molecule has 0 aliphatic carbocycles. The zero-order chi connectivity index (χ0) is 17.7. The van der Waals surface area contributed by atoms with Crippen LogP contribution in [-0.4, -0.2) is 54.0 Å². The van der Waals surface area contributed by atoms with E-state index in [1.807, 2.05) is 0 Å². The number of unbranched alkanes of at least 4 members (excludes halogenated alkanes) is 6. The summed E-state index contributed by atoms with van der Waals surface area (Å²) in [4.78, 5) is 0. The van der Waals surface area contributed by atoms with Gasteiger partial charge in [0, 0.05) is 26.2 Å². The van der Waals surface area contributed by atoms with E-state index in [0.717, 1.165) is 13.0 Å². The first-order valence-corrected chi connectivity index (χ1v) is 11.1. The van der Waals surface area contributed by atoms with Crippen LogP contribution in [-0.2, 0) is 0 Å². The Morgan fingerprint density at radius 1 is 0.640 bits per heavy atom. The van der Waals surface area contributed by atoms with Gasteiger partial charge in [-0.2, -0.15) is 5.12 Å². The molecule has 0 radical (unpaired) electrons. The summed E-state index contributed by atoms with van der Waals surface area (Å²) in [5, 5.41) is 7.57. The molecule has 0 saturated carbocycles. The zero-order valence-electron chi connectivity index (χ0n) is 16.5. The number of hydrazine groups is 2. The number of piperidine rings is 2. The molecule has 0 spiro atoms. The summed E-state index contributed by atoms with van der Waals surface area (Å²) in [5.41, 5.74) is 12.2. The van der Waals surface area contributed by atoms with Crippen molar-refractivity contribution in [2.24, 2.45) is 11.5 Å². The van der Waals surface area contributed by atoms with Crippen molar-refractivity contribution in [1.29, 1.82) is 0 Å². The highest BCUT2D eigenvalue weighted by Gasteiger charge is 2.29. The topological polar surface area (TPSA) is 61.8 Å². The van der Waals surface area contributed by atoms with E-state index in [2.05, 4.69) is 15.1 Å². The first kappa shape index (κ1) is 21.1. The van der Waals surface area contributed by atoms with Crippen molar-refractivity contribution in [2.75, 3.05) is 32.7 Å². The monoisotopic (exact) mass is 353 g/mol. The van der Waals surface area contributed by atoms with Crippen molar-refractivity contribution in [3.05, 3.63) is 0 Å². The summed E-state index contributed by atoms with van der Waals surface area (Å²) in [5.74, 6) is 0. The molecule has 0 aromatic rings. The summed E-state index contributed by atoms with van der Waals surface area (Å²) >= 11 is 0. The number of nitrogens with two attached hydrogens (primary N) is 2. The molecule has 2 aliphatic heterocycles. The summed E-state index contributed by atoms with van der Waals surface area (Å²) in [6.07, 6.45) is 18.4. The molecular weight excluding hydrogens is 310 g/mol. The van der Waals surface area contributed by atoms with Crippen LogP contribution in [0.2, 0.25) is 0 Å². The maximum Gasteiger partial charge on any atom is 0.0871 e. The summed E-state index contributed by atoms with van der Waals surface area (Å²) in [6, 6.07) is 0. The molecule has 0 aromatic carbocycles. The van der Waals surface area contributed by atoms with Gasteiger partial charge in [-0.05, 0) is 45.1 Å². The Hall–Kier alpha value is -0.200. The Kier molecular flexibility index (Phi) is 11.0. The Labute approximate surface area is 156 Å². The minimum atomic E-state index is 0.161. The predicted molar refractivity (Wildman–Crippen MR) is 107 cm³/mol. The molecule has 2 aliphatic rings. The van der Waals surface area contributed by atoms with Crippen molar-refractivity contribution in [2.45, 2.75) is 96.1 Å². The maximum absolute atomic E-state index is 6.69. The Bertz CT molecular complexity index is 295. The lowest BCUT2D eigenvalue weighted by molar-refractivity contribution is -0.224.